The summed E-state index contributed by atoms with van der Waals surface area (Å²) >= 11 is 1.75. The number of hydrogen-bond donors (Lipinski definition) is 0. The van der Waals surface area contributed by atoms with Crippen molar-refractivity contribution in [2.75, 3.05) is 26.2 Å². The fraction of sp³-hybridized carbons (Fsp3) is 0.500. The Labute approximate surface area is 114 Å². The van der Waals surface area contributed by atoms with Crippen LogP contribution in [-0.4, -0.2) is 38.1 Å². The molecule has 3 nitrogen and oxygen atoms in total. The number of carbonyl (C=O) groups excluding carboxylic acids is 1. The topological polar surface area (TPSA) is 35.5 Å². The molecule has 0 aliphatic rings. The summed E-state index contributed by atoms with van der Waals surface area (Å²) < 4.78 is 10.6. The smallest absolute Gasteiger partial charge is 0.132 e. The Balaban J connectivity index is 0.000000873. The van der Waals surface area contributed by atoms with Gasteiger partial charge in [-0.05, 0) is 31.6 Å². The number of para-hydroxylation sites is 1. The maximum atomic E-state index is 10.9. The molecule has 0 saturated carbocycles. The van der Waals surface area contributed by atoms with E-state index in [2.05, 4.69) is 0 Å². The molecular weight excluding hydrogens is 248 g/mol. The third kappa shape index (κ3) is 9.07. The first-order valence-electron chi connectivity index (χ1n) is 5.74. The van der Waals surface area contributed by atoms with Crippen LogP contribution in [0.3, 0.4) is 0 Å². The molecule has 1 unspecified atom stereocenters. The van der Waals surface area contributed by atoms with E-state index in [1.165, 1.54) is 0 Å². The lowest BCUT2D eigenvalue weighted by Gasteiger charge is -2.14. The van der Waals surface area contributed by atoms with Crippen molar-refractivity contribution in [3.05, 3.63) is 30.3 Å². The van der Waals surface area contributed by atoms with Gasteiger partial charge in [-0.25, -0.2) is 0 Å². The Hall–Kier alpha value is -1.000. The number of benzene rings is 1. The van der Waals surface area contributed by atoms with Crippen LogP contribution in [0.2, 0.25) is 0 Å². The Morgan fingerprint density at radius 2 is 1.83 bits per heavy atom. The van der Waals surface area contributed by atoms with E-state index in [1.807, 2.05) is 42.8 Å². The highest BCUT2D eigenvalue weighted by molar-refractivity contribution is 7.97. The second kappa shape index (κ2) is 11.1. The Morgan fingerprint density at radius 3 is 2.28 bits per heavy atom. The fourth-order valence-corrected chi connectivity index (χ4v) is 1.24. The summed E-state index contributed by atoms with van der Waals surface area (Å²) in [6.07, 6.45) is 4.31. The van der Waals surface area contributed by atoms with E-state index >= 15 is 0 Å². The first-order valence-corrected chi connectivity index (χ1v) is 7.37. The molecule has 0 heterocycles. The van der Waals surface area contributed by atoms with E-state index < -0.39 is 0 Å². The van der Waals surface area contributed by atoms with Gasteiger partial charge in [-0.3, -0.25) is 4.79 Å². The van der Waals surface area contributed by atoms with Gasteiger partial charge < -0.3 is 9.47 Å². The van der Waals surface area contributed by atoms with Crippen LogP contribution in [0, 0.1) is 0 Å². The SMILES string of the molecule is COC(COc1ccccc1)CC(C)=O.CSC. The van der Waals surface area contributed by atoms with Crippen LogP contribution in [0.1, 0.15) is 13.3 Å². The first kappa shape index (κ1) is 17.0. The number of ketones is 1. The van der Waals surface area contributed by atoms with Gasteiger partial charge in [0.2, 0.25) is 0 Å². The van der Waals surface area contributed by atoms with Crippen LogP contribution in [0.25, 0.3) is 0 Å². The van der Waals surface area contributed by atoms with E-state index in [1.54, 1.807) is 25.8 Å². The number of ether oxygens (including phenoxy) is 2. The van der Waals surface area contributed by atoms with Crippen LogP contribution in [0.5, 0.6) is 5.75 Å². The van der Waals surface area contributed by atoms with E-state index in [9.17, 15) is 4.79 Å². The highest BCUT2D eigenvalue weighted by atomic mass is 32.2. The summed E-state index contributed by atoms with van der Waals surface area (Å²) in [4.78, 5) is 10.9. The Bertz CT molecular complexity index is 314. The molecule has 1 atom stereocenters. The normalized spacial score (nSPS) is 11.1. The van der Waals surface area contributed by atoms with Crippen molar-refractivity contribution in [1.82, 2.24) is 0 Å². The van der Waals surface area contributed by atoms with Crippen molar-refractivity contribution in [3.63, 3.8) is 0 Å². The van der Waals surface area contributed by atoms with Crippen molar-refractivity contribution in [1.29, 1.82) is 0 Å². The zero-order chi connectivity index (χ0) is 13.8. The second-order valence-corrected chi connectivity index (χ2v) is 4.61. The van der Waals surface area contributed by atoms with Crippen LogP contribution < -0.4 is 4.74 Å². The van der Waals surface area contributed by atoms with Crippen molar-refractivity contribution in [2.45, 2.75) is 19.4 Å². The summed E-state index contributed by atoms with van der Waals surface area (Å²) in [5.74, 6) is 0.904. The molecule has 18 heavy (non-hydrogen) atoms. The molecular formula is C14H22O3S. The van der Waals surface area contributed by atoms with Gasteiger partial charge in [-0.15, -0.1) is 0 Å². The zero-order valence-corrected chi connectivity index (χ0v) is 12.3. The monoisotopic (exact) mass is 270 g/mol. The number of thioether (sulfide) groups is 1. The minimum absolute atomic E-state index is 0.110. The molecule has 0 aliphatic carbocycles. The largest absolute Gasteiger partial charge is 0.491 e. The van der Waals surface area contributed by atoms with Gasteiger partial charge in [-0.2, -0.15) is 11.8 Å². The molecule has 0 bridgehead atoms. The average molecular weight is 270 g/mol. The van der Waals surface area contributed by atoms with Gasteiger partial charge in [0.1, 0.15) is 18.1 Å². The lowest BCUT2D eigenvalue weighted by Crippen LogP contribution is -2.22. The number of methoxy groups -OCH3 is 1. The molecule has 0 fully saturated rings. The number of carbonyl (C=O) groups is 1. The summed E-state index contributed by atoms with van der Waals surface area (Å²) in [5, 5.41) is 0. The van der Waals surface area contributed by atoms with Crippen LogP contribution in [-0.2, 0) is 9.53 Å². The molecule has 0 aliphatic heterocycles. The van der Waals surface area contributed by atoms with Crippen molar-refractivity contribution in [2.24, 2.45) is 0 Å². The Kier molecular flexibility index (Phi) is 10.5. The van der Waals surface area contributed by atoms with Crippen LogP contribution in [0.15, 0.2) is 30.3 Å². The van der Waals surface area contributed by atoms with Crippen LogP contribution >= 0.6 is 11.8 Å². The summed E-state index contributed by atoms with van der Waals surface area (Å²) in [7, 11) is 1.59. The first-order chi connectivity index (χ1) is 8.63. The summed E-state index contributed by atoms with van der Waals surface area (Å²) in [6.45, 7) is 1.95. The number of rotatable bonds is 6. The maximum Gasteiger partial charge on any atom is 0.132 e. The molecule has 102 valence electrons. The lowest BCUT2D eigenvalue weighted by atomic mass is 10.2. The van der Waals surface area contributed by atoms with Gasteiger partial charge in [0, 0.05) is 13.5 Å². The number of hydrogen-bond acceptors (Lipinski definition) is 4. The summed E-state index contributed by atoms with van der Waals surface area (Å²) in [6, 6.07) is 9.49. The molecule has 0 amide bonds. The molecule has 0 spiro atoms. The second-order valence-electron chi connectivity index (χ2n) is 3.80. The Morgan fingerprint density at radius 1 is 1.28 bits per heavy atom. The third-order valence-electron chi connectivity index (χ3n) is 2.03. The lowest BCUT2D eigenvalue weighted by molar-refractivity contribution is -0.119. The maximum absolute atomic E-state index is 10.9. The molecule has 0 saturated heterocycles. The summed E-state index contributed by atoms with van der Waals surface area (Å²) in [5.41, 5.74) is 0. The highest BCUT2D eigenvalue weighted by Crippen LogP contribution is 2.10. The van der Waals surface area contributed by atoms with Gasteiger partial charge >= 0.3 is 0 Å². The highest BCUT2D eigenvalue weighted by Gasteiger charge is 2.10. The molecule has 1 aromatic rings. The standard InChI is InChI=1S/C12H16O3.C2H6S/c1-10(13)8-12(14-2)9-15-11-6-4-3-5-7-11;1-3-2/h3-7,12H,8-9H2,1-2H3;1-2H3. The molecule has 1 rings (SSSR count). The van der Waals surface area contributed by atoms with E-state index in [-0.39, 0.29) is 11.9 Å². The quantitative estimate of drug-likeness (QED) is 0.796. The minimum Gasteiger partial charge on any atom is -0.491 e. The van der Waals surface area contributed by atoms with E-state index in [4.69, 9.17) is 9.47 Å². The molecule has 0 N–H and O–H groups in total. The number of Topliss-reactive ketones (excluding diaryl/α,β-unsaturated/α-hetero) is 1. The van der Waals surface area contributed by atoms with Crippen molar-refractivity contribution in [3.8, 4) is 5.75 Å². The average Bonchev–Trinajstić information content (AvgIpc) is 2.36. The molecule has 0 aromatic heterocycles. The van der Waals surface area contributed by atoms with Gasteiger partial charge in [0.25, 0.3) is 0 Å². The van der Waals surface area contributed by atoms with E-state index in [0.717, 1.165) is 5.75 Å². The van der Waals surface area contributed by atoms with Gasteiger partial charge in [-0.1, -0.05) is 18.2 Å². The van der Waals surface area contributed by atoms with E-state index in [0.29, 0.717) is 13.0 Å². The molecule has 0 radical (unpaired) electrons. The van der Waals surface area contributed by atoms with Crippen molar-refractivity contribution >= 4 is 17.5 Å². The van der Waals surface area contributed by atoms with Gasteiger partial charge in [0.05, 0.1) is 6.10 Å². The van der Waals surface area contributed by atoms with Crippen LogP contribution in [0.4, 0.5) is 0 Å². The molecule has 4 heteroatoms. The predicted octanol–water partition coefficient (Wildman–Crippen LogP) is 3.04. The predicted molar refractivity (Wildman–Crippen MR) is 77.5 cm³/mol. The minimum atomic E-state index is -0.164. The fourth-order valence-electron chi connectivity index (χ4n) is 1.24. The van der Waals surface area contributed by atoms with Crippen molar-refractivity contribution < 1.29 is 14.3 Å². The van der Waals surface area contributed by atoms with Gasteiger partial charge in [0.15, 0.2) is 0 Å². The third-order valence-corrected chi connectivity index (χ3v) is 2.03. The molecule has 1 aromatic carbocycles. The zero-order valence-electron chi connectivity index (χ0n) is 11.5.